The van der Waals surface area contributed by atoms with Gasteiger partial charge >= 0.3 is 68.3 Å². The Morgan fingerprint density at radius 2 is 1.50 bits per heavy atom. The van der Waals surface area contributed by atoms with Crippen LogP contribution in [0.4, 0.5) is 0 Å². The topological polar surface area (TPSA) is 28.1 Å². The van der Waals surface area contributed by atoms with Gasteiger partial charge < -0.3 is 0 Å². The molecule has 0 aromatic heterocycles. The molecule has 0 atom stereocenters. The zero-order chi connectivity index (χ0) is 12.1. The van der Waals surface area contributed by atoms with E-state index in [-0.39, 0.29) is 0 Å². The van der Waals surface area contributed by atoms with Crippen LogP contribution in [-0.2, 0) is 0 Å². The van der Waals surface area contributed by atoms with Gasteiger partial charge in [-0.1, -0.05) is 18.5 Å². The summed E-state index contributed by atoms with van der Waals surface area (Å²) in [6.45, 7) is 1.88. The zero-order valence-electron chi connectivity index (χ0n) is 6.77. The summed E-state index contributed by atoms with van der Waals surface area (Å²) < 4.78 is 0. The van der Waals surface area contributed by atoms with Crippen molar-refractivity contribution in [2.24, 2.45) is 0 Å². The molecular weight excluding hydrogens is 446 g/mol. The van der Waals surface area contributed by atoms with Crippen molar-refractivity contribution in [3.8, 4) is 0 Å². The molecule has 0 rings (SSSR count). The Labute approximate surface area is 107 Å². The van der Waals surface area contributed by atoms with Crippen LogP contribution in [0, 0.1) is 5.39 Å². The maximum atomic E-state index is 7.83. The molecule has 0 aliphatic carbocycles. The molecule has 0 amide bonds. The average Bonchev–Trinajstić information content (AvgIpc) is 1.81. The second-order valence-corrected chi connectivity index (χ2v) is 59.4. The van der Waals surface area contributed by atoms with Crippen molar-refractivity contribution < 1.29 is 0 Å². The Hall–Kier alpha value is 2.01. The van der Waals surface area contributed by atoms with E-state index in [1.807, 2.05) is 6.92 Å². The first-order valence-corrected chi connectivity index (χ1v) is 22.8. The third kappa shape index (κ3) is 48.3. The van der Waals surface area contributed by atoms with E-state index in [2.05, 4.69) is 4.98 Å². The zero-order valence-corrected chi connectivity index (χ0v) is 14.6. The molecule has 2 nitrogen and oxygen atoms in total. The number of hydrogen-bond acceptors (Lipinski definition) is 1. The molecule has 86 valence electrons. The predicted octanol–water partition coefficient (Wildman–Crippen LogP) is 6.09. The van der Waals surface area contributed by atoms with Crippen LogP contribution in [0.5, 0.6) is 0 Å². The number of allylic oxidation sites excluding steroid dienone is 1. The summed E-state index contributed by atoms with van der Waals surface area (Å²) in [4.78, 5) is 2.71. The Balaban J connectivity index is 0. The van der Waals surface area contributed by atoms with Crippen LogP contribution in [0.2, 0.25) is 0 Å². The molecule has 0 aromatic rings. The molecule has 0 radical (unpaired) electrons. The monoisotopic (exact) mass is 448 g/mol. The van der Waals surface area contributed by atoms with Crippen molar-refractivity contribution >= 4 is 73.7 Å². The summed E-state index contributed by atoms with van der Waals surface area (Å²) >= 11 is 5.37. The molecular formula is C4H6Cl7N2Sb. The molecule has 14 heavy (non-hydrogen) atoms. The van der Waals surface area contributed by atoms with E-state index in [1.54, 1.807) is 0 Å². The standard InChI is InChI=1S/C4H6ClN2.6ClH.Sb/c1-2-4(5)3-7-6;;;;;;;/h3H,2H2,1H3;6*1H;/q+1;;;;;;;+5/p-6/b4-3+;;;;;;;. The third-order valence-electron chi connectivity index (χ3n) is 0.536. The Morgan fingerprint density at radius 1 is 1.21 bits per heavy atom. The molecule has 0 saturated carbocycles. The summed E-state index contributed by atoms with van der Waals surface area (Å²) in [6, 6.07) is 0. The van der Waals surface area contributed by atoms with Gasteiger partial charge in [0.2, 0.25) is 5.39 Å². The molecule has 0 unspecified atom stereocenters. The maximum absolute atomic E-state index is 7.83. The summed E-state index contributed by atoms with van der Waals surface area (Å²) in [5, 5.41) is 8.39. The van der Waals surface area contributed by atoms with Crippen LogP contribution in [0.15, 0.2) is 11.2 Å². The van der Waals surface area contributed by atoms with Gasteiger partial charge in [-0.15, -0.1) is 0 Å². The van der Waals surface area contributed by atoms with Crippen molar-refractivity contribution in [1.29, 1.82) is 5.39 Å². The number of diazo groups is 1. The van der Waals surface area contributed by atoms with Gasteiger partial charge in [0.1, 0.15) is 5.03 Å². The van der Waals surface area contributed by atoms with Crippen LogP contribution in [-0.4, -0.2) is 9.14 Å². The van der Waals surface area contributed by atoms with Crippen molar-refractivity contribution in [1.82, 2.24) is 0 Å². The molecule has 0 saturated heterocycles. The molecule has 0 heterocycles. The molecule has 0 N–H and O–H groups in total. The quantitative estimate of drug-likeness (QED) is 0.350. The molecule has 0 bridgehead atoms. The first-order chi connectivity index (χ1) is 5.76. The minimum absolute atomic E-state index is 0.558. The van der Waals surface area contributed by atoms with Crippen LogP contribution < -0.4 is 0 Å². The molecule has 0 aliphatic rings. The van der Waals surface area contributed by atoms with Crippen LogP contribution in [0.1, 0.15) is 13.3 Å². The van der Waals surface area contributed by atoms with E-state index >= 15 is 0 Å². The van der Waals surface area contributed by atoms with Gasteiger partial charge in [-0.05, 0) is 6.42 Å². The molecule has 10 heteroatoms. The van der Waals surface area contributed by atoms with Crippen molar-refractivity contribution in [2.75, 3.05) is 0 Å². The van der Waals surface area contributed by atoms with Crippen LogP contribution >= 0.6 is 64.6 Å². The van der Waals surface area contributed by atoms with E-state index in [1.165, 1.54) is 6.20 Å². The van der Waals surface area contributed by atoms with Gasteiger partial charge in [-0.3, -0.25) is 0 Å². The van der Waals surface area contributed by atoms with Crippen molar-refractivity contribution in [3.05, 3.63) is 16.2 Å². The van der Waals surface area contributed by atoms with E-state index in [0.717, 1.165) is 0 Å². The van der Waals surface area contributed by atoms with Gasteiger partial charge in [-0.25, -0.2) is 0 Å². The van der Waals surface area contributed by atoms with Gasteiger partial charge in [0.15, 0.2) is 4.98 Å². The normalized spacial score (nSPS) is 16.9. The first-order valence-electron chi connectivity index (χ1n) is 3.01. The Kier molecular flexibility index (Phi) is 7.30. The summed E-state index contributed by atoms with van der Waals surface area (Å²) in [5.41, 5.74) is 0. The van der Waals surface area contributed by atoms with E-state index in [9.17, 15) is 0 Å². The third-order valence-corrected chi connectivity index (χ3v) is 0.900. The number of nitrogens with zero attached hydrogens (tertiary/aromatic N) is 2. The second-order valence-electron chi connectivity index (χ2n) is 2.00. The fourth-order valence-electron chi connectivity index (χ4n) is 0.154. The van der Waals surface area contributed by atoms with E-state index in [0.29, 0.717) is 11.5 Å². The average molecular weight is 452 g/mol. The first kappa shape index (κ1) is 18.4. The predicted molar refractivity (Wildman–Crippen MR) is 70.2 cm³/mol. The van der Waals surface area contributed by atoms with Gasteiger partial charge in [0.25, 0.3) is 0 Å². The number of rotatable bonds is 1. The molecule has 0 fully saturated rings. The summed E-state index contributed by atoms with van der Waals surface area (Å²) in [6.07, 6.45) is 1.92. The number of halogens is 7. The fourth-order valence-corrected chi connectivity index (χ4v) is 0.198. The Bertz CT molecular complexity index is 244. The second kappa shape index (κ2) is 5.56. The Morgan fingerprint density at radius 3 is 1.57 bits per heavy atom. The van der Waals surface area contributed by atoms with Gasteiger partial charge in [0.05, 0.1) is 0 Å². The van der Waals surface area contributed by atoms with E-state index < -0.39 is 9.14 Å². The fraction of sp³-hybridized carbons (Fsp3) is 0.500. The SMILES string of the molecule is CC/C(Cl)=C\[N+]#N.[Cl][Sb-]([Cl])([Cl])([Cl])([Cl])[Cl]. The number of hydrogen-bond donors (Lipinski definition) is 0. The molecule has 0 spiro atoms. The van der Waals surface area contributed by atoms with Gasteiger partial charge in [0, 0.05) is 0 Å². The van der Waals surface area contributed by atoms with Crippen LogP contribution in [0.3, 0.4) is 0 Å². The minimum atomic E-state index is -5.42. The van der Waals surface area contributed by atoms with Crippen molar-refractivity contribution in [3.63, 3.8) is 0 Å². The van der Waals surface area contributed by atoms with Crippen molar-refractivity contribution in [2.45, 2.75) is 13.3 Å². The summed E-state index contributed by atoms with van der Waals surface area (Å²) in [7, 11) is 25.0. The molecule has 0 aromatic carbocycles. The van der Waals surface area contributed by atoms with E-state index in [4.69, 9.17) is 70.0 Å². The van der Waals surface area contributed by atoms with Gasteiger partial charge in [-0.2, -0.15) is 0 Å². The molecule has 0 aliphatic heterocycles. The summed E-state index contributed by atoms with van der Waals surface area (Å²) in [5.74, 6) is 0. The van der Waals surface area contributed by atoms with Crippen LogP contribution in [0.25, 0.3) is 4.98 Å².